The van der Waals surface area contributed by atoms with Gasteiger partial charge in [0.2, 0.25) is 9.84 Å². The number of sulfone groups is 1. The van der Waals surface area contributed by atoms with Gasteiger partial charge in [0, 0.05) is 30.0 Å². The number of piperidine rings is 1. The molecular formula is C25H29ClFNO6S. The minimum atomic E-state index is -4.02. The summed E-state index contributed by atoms with van der Waals surface area (Å²) in [5, 5.41) is 0. The van der Waals surface area contributed by atoms with Gasteiger partial charge in [-0.3, -0.25) is 0 Å². The number of likely N-dealkylation sites (tertiary alicyclic amines) is 1. The van der Waals surface area contributed by atoms with Crippen molar-refractivity contribution >= 4 is 27.5 Å². The van der Waals surface area contributed by atoms with Gasteiger partial charge in [0.05, 0.1) is 22.9 Å². The van der Waals surface area contributed by atoms with Crippen molar-refractivity contribution in [3.05, 3.63) is 47.8 Å². The van der Waals surface area contributed by atoms with E-state index in [9.17, 15) is 17.6 Å². The van der Waals surface area contributed by atoms with Crippen LogP contribution in [-0.4, -0.2) is 56.7 Å². The van der Waals surface area contributed by atoms with E-state index in [-0.39, 0.29) is 34.2 Å². The first-order valence-corrected chi connectivity index (χ1v) is 13.5. The second-order valence-corrected chi connectivity index (χ2v) is 12.0. The average molecular weight is 526 g/mol. The molecule has 0 N–H and O–H groups in total. The number of benzene rings is 2. The highest BCUT2D eigenvalue weighted by Crippen LogP contribution is 2.44. The highest BCUT2D eigenvalue weighted by Gasteiger charge is 2.41. The van der Waals surface area contributed by atoms with Crippen LogP contribution in [0.2, 0.25) is 0 Å². The van der Waals surface area contributed by atoms with Gasteiger partial charge in [0.1, 0.15) is 29.0 Å². The number of carbonyl (C=O) groups is 1. The zero-order valence-corrected chi connectivity index (χ0v) is 21.5. The van der Waals surface area contributed by atoms with Crippen molar-refractivity contribution in [2.45, 2.75) is 61.0 Å². The molecule has 35 heavy (non-hydrogen) atoms. The maximum absolute atomic E-state index is 14.2. The largest absolute Gasteiger partial charge is 0.493 e. The molecule has 0 saturated carbocycles. The molecule has 2 unspecified atom stereocenters. The number of alkyl halides is 1. The Morgan fingerprint density at radius 2 is 1.97 bits per heavy atom. The Morgan fingerprint density at radius 3 is 2.69 bits per heavy atom. The third kappa shape index (κ3) is 5.67. The molecule has 0 radical (unpaired) electrons. The van der Waals surface area contributed by atoms with Gasteiger partial charge in [-0.2, -0.15) is 0 Å². The lowest BCUT2D eigenvalue weighted by molar-refractivity contribution is 0.00788. The summed E-state index contributed by atoms with van der Waals surface area (Å²) in [4.78, 5) is 13.9. The molecule has 1 amide bonds. The van der Waals surface area contributed by atoms with E-state index < -0.39 is 27.3 Å². The lowest BCUT2D eigenvalue weighted by atomic mass is 9.89. The monoisotopic (exact) mass is 525 g/mol. The molecule has 7 nitrogen and oxygen atoms in total. The van der Waals surface area contributed by atoms with E-state index in [0.29, 0.717) is 37.6 Å². The second-order valence-electron chi connectivity index (χ2n) is 9.69. The molecule has 0 spiro atoms. The summed E-state index contributed by atoms with van der Waals surface area (Å²) in [6.07, 6.45) is 0.542. The maximum atomic E-state index is 14.2. The third-order valence-electron chi connectivity index (χ3n) is 5.89. The molecule has 2 aliphatic rings. The molecule has 4 rings (SSSR count). The lowest BCUT2D eigenvalue weighted by Crippen LogP contribution is -2.47. The Kier molecular flexibility index (Phi) is 7.20. The van der Waals surface area contributed by atoms with Gasteiger partial charge in [-0.1, -0.05) is 6.07 Å². The van der Waals surface area contributed by atoms with Gasteiger partial charge >= 0.3 is 6.09 Å². The Hall–Kier alpha value is -2.52. The van der Waals surface area contributed by atoms with Crippen molar-refractivity contribution in [2.24, 2.45) is 0 Å². The van der Waals surface area contributed by atoms with Crippen LogP contribution in [0.3, 0.4) is 0 Å². The van der Waals surface area contributed by atoms with E-state index in [1.165, 1.54) is 18.2 Å². The smallest absolute Gasteiger partial charge is 0.410 e. The van der Waals surface area contributed by atoms with Gasteiger partial charge in [-0.05, 0) is 57.9 Å². The topological polar surface area (TPSA) is 82.1 Å². The number of fused-ring (bicyclic) bond motifs is 3. The molecule has 0 bridgehead atoms. The summed E-state index contributed by atoms with van der Waals surface area (Å²) in [5.41, 5.74) is 0.310. The second kappa shape index (κ2) is 9.85. The van der Waals surface area contributed by atoms with Crippen LogP contribution in [0, 0.1) is 5.82 Å². The van der Waals surface area contributed by atoms with E-state index >= 15 is 0 Å². The molecule has 2 aliphatic heterocycles. The molecule has 0 aliphatic carbocycles. The molecular weight excluding hydrogens is 497 g/mol. The summed E-state index contributed by atoms with van der Waals surface area (Å²) in [6.45, 7) is 6.57. The number of carbonyl (C=O) groups excluding carboxylic acids is 1. The van der Waals surface area contributed by atoms with Crippen molar-refractivity contribution in [3.63, 3.8) is 0 Å². The van der Waals surface area contributed by atoms with E-state index in [2.05, 4.69) is 0 Å². The van der Waals surface area contributed by atoms with Crippen LogP contribution in [0.1, 0.15) is 45.1 Å². The third-order valence-corrected chi connectivity index (χ3v) is 7.88. The van der Waals surface area contributed by atoms with Gasteiger partial charge in [0.15, 0.2) is 0 Å². The number of amides is 1. The fraction of sp³-hybridized carbons (Fsp3) is 0.480. The Balaban J connectivity index is 1.53. The predicted molar refractivity (Wildman–Crippen MR) is 129 cm³/mol. The molecule has 0 aromatic heterocycles. The fourth-order valence-electron chi connectivity index (χ4n) is 4.29. The van der Waals surface area contributed by atoms with Crippen LogP contribution in [0.5, 0.6) is 11.5 Å². The molecule has 1 fully saturated rings. The van der Waals surface area contributed by atoms with E-state index in [0.717, 1.165) is 17.7 Å². The summed E-state index contributed by atoms with van der Waals surface area (Å²) in [5.74, 6) is 0.309. The summed E-state index contributed by atoms with van der Waals surface area (Å²) in [6, 6.07) is 8.14. The normalized spacial score (nSPS) is 19.5. The number of rotatable bonds is 6. The van der Waals surface area contributed by atoms with Crippen LogP contribution >= 0.6 is 11.6 Å². The molecule has 2 heterocycles. The molecule has 1 saturated heterocycles. The lowest BCUT2D eigenvalue weighted by Gasteiger charge is -2.35. The SMILES string of the molecule is CC(C)(C)OC(=O)N1CCC2c3ccc(S(=O)(=O)c4cc(F)cc(OCCCCl)c4)cc3OC2C1. The van der Waals surface area contributed by atoms with Crippen LogP contribution in [0.25, 0.3) is 0 Å². The first-order valence-electron chi connectivity index (χ1n) is 11.5. The van der Waals surface area contributed by atoms with Crippen molar-refractivity contribution in [1.82, 2.24) is 4.90 Å². The van der Waals surface area contributed by atoms with Gasteiger partial charge in [-0.25, -0.2) is 17.6 Å². The number of hydrogen-bond acceptors (Lipinski definition) is 6. The highest BCUT2D eigenvalue weighted by atomic mass is 35.5. The zero-order chi connectivity index (χ0) is 25.4. The van der Waals surface area contributed by atoms with Crippen LogP contribution in [0.4, 0.5) is 9.18 Å². The summed E-state index contributed by atoms with van der Waals surface area (Å²) < 4.78 is 57.7. The van der Waals surface area contributed by atoms with Crippen LogP contribution in [-0.2, 0) is 14.6 Å². The summed E-state index contributed by atoms with van der Waals surface area (Å²) >= 11 is 5.64. The highest BCUT2D eigenvalue weighted by molar-refractivity contribution is 7.91. The summed E-state index contributed by atoms with van der Waals surface area (Å²) in [7, 11) is -4.02. The average Bonchev–Trinajstić information content (AvgIpc) is 3.15. The maximum Gasteiger partial charge on any atom is 0.410 e. The van der Waals surface area contributed by atoms with Crippen molar-refractivity contribution in [3.8, 4) is 11.5 Å². The first kappa shape index (κ1) is 25.6. The van der Waals surface area contributed by atoms with Gasteiger partial charge in [-0.15, -0.1) is 11.6 Å². The van der Waals surface area contributed by atoms with Gasteiger partial charge in [0.25, 0.3) is 0 Å². The minimum Gasteiger partial charge on any atom is -0.493 e. The van der Waals surface area contributed by atoms with Crippen LogP contribution in [0.15, 0.2) is 46.2 Å². The van der Waals surface area contributed by atoms with Crippen molar-refractivity contribution in [1.29, 1.82) is 0 Å². The number of halogens is 2. The Morgan fingerprint density at radius 1 is 1.20 bits per heavy atom. The van der Waals surface area contributed by atoms with Gasteiger partial charge < -0.3 is 19.1 Å². The Labute approximate surface area is 210 Å². The quantitative estimate of drug-likeness (QED) is 0.383. The predicted octanol–water partition coefficient (Wildman–Crippen LogP) is 5.15. The minimum absolute atomic E-state index is 0.00352. The molecule has 10 heteroatoms. The molecule has 2 aromatic carbocycles. The van der Waals surface area contributed by atoms with Crippen LogP contribution < -0.4 is 9.47 Å². The zero-order valence-electron chi connectivity index (χ0n) is 19.9. The first-order chi connectivity index (χ1) is 16.5. The van der Waals surface area contributed by atoms with E-state index in [1.54, 1.807) is 11.0 Å². The van der Waals surface area contributed by atoms with Crippen molar-refractivity contribution < 1.29 is 31.8 Å². The molecule has 2 atom stereocenters. The van der Waals surface area contributed by atoms with E-state index in [1.807, 2.05) is 20.8 Å². The molecule has 2 aromatic rings. The Bertz CT molecular complexity index is 1210. The fourth-order valence-corrected chi connectivity index (χ4v) is 5.72. The number of ether oxygens (including phenoxy) is 3. The number of nitrogens with zero attached hydrogens (tertiary/aromatic N) is 1. The molecule has 190 valence electrons. The standard InChI is InChI=1S/C25H29ClFNO6S/c1-25(2,3)34-24(29)28-9-7-21-20-6-5-18(14-22(20)33-23(21)15-28)35(30,31)19-12-16(27)11-17(13-19)32-10-4-8-26/h5-6,11-14,21,23H,4,7-10,15H2,1-3H3. The van der Waals surface area contributed by atoms with Crippen molar-refractivity contribution in [2.75, 3.05) is 25.6 Å². The van der Waals surface area contributed by atoms with E-state index in [4.69, 9.17) is 25.8 Å². The number of hydrogen-bond donors (Lipinski definition) is 0.